The van der Waals surface area contributed by atoms with Gasteiger partial charge in [0, 0.05) is 6.54 Å². The number of carboxylic acid groups (broad SMARTS) is 1. The second-order valence-electron chi connectivity index (χ2n) is 7.39. The first kappa shape index (κ1) is 25.8. The lowest BCUT2D eigenvalue weighted by molar-refractivity contribution is -0.144. The van der Waals surface area contributed by atoms with Crippen LogP contribution in [0.2, 0.25) is 0 Å². The van der Waals surface area contributed by atoms with Crippen LogP contribution in [-0.2, 0) is 19.2 Å². The van der Waals surface area contributed by atoms with E-state index < -0.39 is 54.7 Å². The van der Waals surface area contributed by atoms with Crippen LogP contribution < -0.4 is 22.1 Å². The summed E-state index contributed by atoms with van der Waals surface area (Å²) in [6, 6.07) is -4.64. The molecule has 30 heavy (non-hydrogen) atoms. The number of likely N-dealkylation sites (tertiary alicyclic amines) is 1. The molecule has 0 aromatic heterocycles. The standard InChI is InChI=1S/C18H33N5O7/c1-10(25)14(16(27)21-12(9-24)18(29)30)22-15(26)13-6-4-8-23(13)17(28)11(20)5-2-3-7-19/h10-14,24-25H,2-9,19-20H2,1H3,(H,21,27)(H,22,26)(H,29,30). The number of amides is 3. The van der Waals surface area contributed by atoms with Crippen molar-refractivity contribution in [2.24, 2.45) is 11.5 Å². The van der Waals surface area contributed by atoms with E-state index in [0.29, 0.717) is 38.8 Å². The maximum absolute atomic E-state index is 12.7. The van der Waals surface area contributed by atoms with Gasteiger partial charge in [-0.25, -0.2) is 4.79 Å². The Labute approximate surface area is 175 Å². The third-order valence-electron chi connectivity index (χ3n) is 4.98. The molecule has 0 radical (unpaired) electrons. The molecule has 0 aromatic carbocycles. The van der Waals surface area contributed by atoms with Crippen molar-refractivity contribution in [1.29, 1.82) is 0 Å². The van der Waals surface area contributed by atoms with Crippen molar-refractivity contribution >= 4 is 23.7 Å². The Morgan fingerprint density at radius 2 is 1.87 bits per heavy atom. The van der Waals surface area contributed by atoms with E-state index in [-0.39, 0.29) is 5.91 Å². The Kier molecular flexibility index (Phi) is 10.7. The minimum atomic E-state index is -1.58. The summed E-state index contributed by atoms with van der Waals surface area (Å²) in [5, 5.41) is 32.3. The molecule has 5 atom stereocenters. The highest BCUT2D eigenvalue weighted by Crippen LogP contribution is 2.19. The zero-order valence-corrected chi connectivity index (χ0v) is 17.1. The van der Waals surface area contributed by atoms with Gasteiger partial charge in [-0.1, -0.05) is 6.42 Å². The third-order valence-corrected chi connectivity index (χ3v) is 4.98. The molecule has 1 saturated heterocycles. The first-order valence-electron chi connectivity index (χ1n) is 10.0. The van der Waals surface area contributed by atoms with Gasteiger partial charge in [0.15, 0.2) is 0 Å². The maximum atomic E-state index is 12.7. The number of carboxylic acids is 1. The van der Waals surface area contributed by atoms with Crippen LogP contribution in [0.15, 0.2) is 0 Å². The predicted octanol–water partition coefficient (Wildman–Crippen LogP) is -3.14. The fraction of sp³-hybridized carbons (Fsp3) is 0.778. The van der Waals surface area contributed by atoms with Gasteiger partial charge in [-0.15, -0.1) is 0 Å². The maximum Gasteiger partial charge on any atom is 0.328 e. The minimum absolute atomic E-state index is 0.346. The molecule has 12 nitrogen and oxygen atoms in total. The van der Waals surface area contributed by atoms with Crippen LogP contribution in [0.25, 0.3) is 0 Å². The SMILES string of the molecule is CC(O)C(NC(=O)C1CCCN1C(=O)C(N)CCCCN)C(=O)NC(CO)C(=O)O. The van der Waals surface area contributed by atoms with Crippen LogP contribution in [0.1, 0.15) is 39.0 Å². The number of carbonyl (C=O) groups is 4. The molecule has 0 bridgehead atoms. The number of rotatable bonds is 12. The number of nitrogens with two attached hydrogens (primary N) is 2. The Balaban J connectivity index is 2.79. The molecular formula is C18H33N5O7. The monoisotopic (exact) mass is 431 g/mol. The van der Waals surface area contributed by atoms with E-state index in [1.165, 1.54) is 11.8 Å². The number of carbonyl (C=O) groups excluding carboxylic acids is 3. The Morgan fingerprint density at radius 1 is 1.20 bits per heavy atom. The van der Waals surface area contributed by atoms with Crippen LogP contribution in [0.3, 0.4) is 0 Å². The largest absolute Gasteiger partial charge is 0.480 e. The van der Waals surface area contributed by atoms with E-state index in [9.17, 15) is 24.3 Å². The molecule has 0 saturated carbocycles. The Morgan fingerprint density at radius 3 is 2.40 bits per heavy atom. The van der Waals surface area contributed by atoms with E-state index in [2.05, 4.69) is 10.6 Å². The molecular weight excluding hydrogens is 398 g/mol. The lowest BCUT2D eigenvalue weighted by atomic mass is 10.1. The summed E-state index contributed by atoms with van der Waals surface area (Å²) >= 11 is 0. The van der Waals surface area contributed by atoms with Gasteiger partial charge < -0.3 is 42.3 Å². The molecule has 1 heterocycles. The quantitative estimate of drug-likeness (QED) is 0.155. The van der Waals surface area contributed by atoms with Crippen molar-refractivity contribution < 1.29 is 34.5 Å². The molecule has 3 amide bonds. The van der Waals surface area contributed by atoms with E-state index >= 15 is 0 Å². The number of unbranched alkanes of at least 4 members (excludes halogenated alkanes) is 1. The van der Waals surface area contributed by atoms with Crippen molar-refractivity contribution in [2.75, 3.05) is 19.7 Å². The molecule has 1 aliphatic rings. The fourth-order valence-corrected chi connectivity index (χ4v) is 3.25. The molecule has 0 spiro atoms. The highest BCUT2D eigenvalue weighted by Gasteiger charge is 2.38. The van der Waals surface area contributed by atoms with Gasteiger partial charge >= 0.3 is 5.97 Å². The second-order valence-corrected chi connectivity index (χ2v) is 7.39. The number of aliphatic carboxylic acids is 1. The van der Waals surface area contributed by atoms with E-state index in [1.54, 1.807) is 0 Å². The summed E-state index contributed by atoms with van der Waals surface area (Å²) in [5.41, 5.74) is 11.4. The van der Waals surface area contributed by atoms with Crippen molar-refractivity contribution in [3.8, 4) is 0 Å². The molecule has 5 unspecified atom stereocenters. The molecule has 12 heteroatoms. The molecule has 1 rings (SSSR count). The Hall–Kier alpha value is -2.28. The predicted molar refractivity (Wildman–Crippen MR) is 106 cm³/mol. The van der Waals surface area contributed by atoms with Crippen LogP contribution in [0.4, 0.5) is 0 Å². The number of nitrogens with one attached hydrogen (secondary N) is 2. The summed E-state index contributed by atoms with van der Waals surface area (Å²) in [6.45, 7) is 1.24. The van der Waals surface area contributed by atoms with Gasteiger partial charge in [0.05, 0.1) is 18.8 Å². The number of nitrogens with zero attached hydrogens (tertiary/aromatic N) is 1. The first-order chi connectivity index (χ1) is 14.1. The van der Waals surface area contributed by atoms with Crippen molar-refractivity contribution in [2.45, 2.75) is 69.3 Å². The van der Waals surface area contributed by atoms with Crippen molar-refractivity contribution in [3.63, 3.8) is 0 Å². The first-order valence-corrected chi connectivity index (χ1v) is 10.0. The van der Waals surface area contributed by atoms with Crippen LogP contribution in [-0.4, -0.2) is 93.9 Å². The van der Waals surface area contributed by atoms with Gasteiger partial charge in [0.2, 0.25) is 17.7 Å². The van der Waals surface area contributed by atoms with Crippen molar-refractivity contribution in [1.82, 2.24) is 15.5 Å². The average Bonchev–Trinajstić information content (AvgIpc) is 3.18. The zero-order valence-electron chi connectivity index (χ0n) is 17.1. The smallest absolute Gasteiger partial charge is 0.328 e. The topological polar surface area (TPSA) is 208 Å². The summed E-state index contributed by atoms with van der Waals surface area (Å²) in [4.78, 5) is 50.0. The molecule has 0 aliphatic carbocycles. The molecule has 9 N–H and O–H groups in total. The highest BCUT2D eigenvalue weighted by atomic mass is 16.4. The molecule has 0 aromatic rings. The average molecular weight is 431 g/mol. The van der Waals surface area contributed by atoms with Crippen LogP contribution in [0.5, 0.6) is 0 Å². The highest BCUT2D eigenvalue weighted by molar-refractivity contribution is 5.94. The summed E-state index contributed by atoms with van der Waals surface area (Å²) in [6.07, 6.45) is 1.48. The van der Waals surface area contributed by atoms with E-state index in [4.69, 9.17) is 21.7 Å². The second kappa shape index (κ2) is 12.4. The third kappa shape index (κ3) is 7.20. The lowest BCUT2D eigenvalue weighted by Gasteiger charge is -2.29. The number of aliphatic hydroxyl groups is 2. The summed E-state index contributed by atoms with van der Waals surface area (Å²) in [7, 11) is 0. The number of aliphatic hydroxyl groups excluding tert-OH is 2. The van der Waals surface area contributed by atoms with Crippen LogP contribution in [0, 0.1) is 0 Å². The molecule has 1 fully saturated rings. The summed E-state index contributed by atoms with van der Waals surface area (Å²) in [5.74, 6) is -3.44. The van der Waals surface area contributed by atoms with Gasteiger partial charge in [-0.05, 0) is 39.2 Å². The number of hydrogen-bond acceptors (Lipinski definition) is 8. The van der Waals surface area contributed by atoms with Crippen molar-refractivity contribution in [3.05, 3.63) is 0 Å². The number of hydrogen-bond donors (Lipinski definition) is 7. The molecule has 172 valence electrons. The van der Waals surface area contributed by atoms with Gasteiger partial charge in [-0.2, -0.15) is 0 Å². The summed E-state index contributed by atoms with van der Waals surface area (Å²) < 4.78 is 0. The van der Waals surface area contributed by atoms with Crippen LogP contribution >= 0.6 is 0 Å². The molecule has 1 aliphatic heterocycles. The zero-order chi connectivity index (χ0) is 22.8. The fourth-order valence-electron chi connectivity index (χ4n) is 3.25. The normalized spacial score (nSPS) is 20.2. The van der Waals surface area contributed by atoms with E-state index in [0.717, 1.165) is 6.42 Å². The van der Waals surface area contributed by atoms with Gasteiger partial charge in [-0.3, -0.25) is 14.4 Å². The van der Waals surface area contributed by atoms with E-state index in [1.807, 2.05) is 0 Å². The lowest BCUT2D eigenvalue weighted by Crippen LogP contribution is -2.59. The van der Waals surface area contributed by atoms with Gasteiger partial charge in [0.1, 0.15) is 18.1 Å². The minimum Gasteiger partial charge on any atom is -0.480 e. The van der Waals surface area contributed by atoms with Gasteiger partial charge in [0.25, 0.3) is 0 Å². The Bertz CT molecular complexity index is 616.